The molecule has 0 spiro atoms. The van der Waals surface area contributed by atoms with Crippen molar-refractivity contribution < 1.29 is 19.1 Å². The number of carbonyl (C=O) groups is 3. The summed E-state index contributed by atoms with van der Waals surface area (Å²) in [6, 6.07) is 16.3. The van der Waals surface area contributed by atoms with Crippen molar-refractivity contribution in [1.82, 2.24) is 5.32 Å². The maximum absolute atomic E-state index is 12.4. The van der Waals surface area contributed by atoms with E-state index in [0.717, 1.165) is 5.56 Å². The Morgan fingerprint density at radius 1 is 1.00 bits per heavy atom. The zero-order chi connectivity index (χ0) is 21.4. The van der Waals surface area contributed by atoms with Gasteiger partial charge in [-0.2, -0.15) is 0 Å². The van der Waals surface area contributed by atoms with Gasteiger partial charge in [-0.05, 0) is 37.1 Å². The average molecular weight is 396 g/mol. The molecule has 0 aliphatic heterocycles. The van der Waals surface area contributed by atoms with Crippen LogP contribution >= 0.6 is 0 Å². The van der Waals surface area contributed by atoms with Crippen molar-refractivity contribution in [3.63, 3.8) is 0 Å². The van der Waals surface area contributed by atoms with Gasteiger partial charge in [-0.15, -0.1) is 0 Å². The summed E-state index contributed by atoms with van der Waals surface area (Å²) >= 11 is 0. The second-order valence-electron chi connectivity index (χ2n) is 7.86. The Hall–Kier alpha value is -3.15. The van der Waals surface area contributed by atoms with Crippen molar-refractivity contribution in [2.24, 2.45) is 5.41 Å². The summed E-state index contributed by atoms with van der Waals surface area (Å²) in [6.07, 6.45) is -0.228. The molecular formula is C23H28N2O4. The highest BCUT2D eigenvalue weighted by Gasteiger charge is 2.22. The molecule has 29 heavy (non-hydrogen) atoms. The lowest BCUT2D eigenvalue weighted by Crippen LogP contribution is -2.36. The van der Waals surface area contributed by atoms with Gasteiger partial charge < -0.3 is 15.4 Å². The average Bonchev–Trinajstić information content (AvgIpc) is 2.68. The molecule has 1 atom stereocenters. The molecular weight excluding hydrogens is 368 g/mol. The number of carbonyl (C=O) groups excluding carboxylic acids is 3. The molecule has 6 heteroatoms. The lowest BCUT2D eigenvalue weighted by Gasteiger charge is -2.18. The second-order valence-corrected chi connectivity index (χ2v) is 7.86. The molecule has 0 aliphatic carbocycles. The van der Waals surface area contributed by atoms with Crippen LogP contribution in [0.4, 0.5) is 5.69 Å². The number of rotatable bonds is 7. The van der Waals surface area contributed by atoms with Crippen LogP contribution in [0.15, 0.2) is 54.6 Å². The smallest absolute Gasteiger partial charge is 0.338 e. The highest BCUT2D eigenvalue weighted by molar-refractivity contribution is 5.97. The van der Waals surface area contributed by atoms with Crippen LogP contribution in [0.25, 0.3) is 0 Å². The number of hydrogen-bond donors (Lipinski definition) is 2. The van der Waals surface area contributed by atoms with E-state index in [-0.39, 0.29) is 17.4 Å². The van der Waals surface area contributed by atoms with Crippen molar-refractivity contribution in [2.75, 3.05) is 11.9 Å². The Kier molecular flexibility index (Phi) is 7.53. The molecule has 2 aromatic carbocycles. The largest absolute Gasteiger partial charge is 0.449 e. The zero-order valence-electron chi connectivity index (χ0n) is 17.3. The molecule has 0 fully saturated rings. The highest BCUT2D eigenvalue weighted by atomic mass is 16.5. The Labute approximate surface area is 171 Å². The Bertz CT molecular complexity index is 857. The molecule has 0 bridgehead atoms. The van der Waals surface area contributed by atoms with Crippen LogP contribution in [-0.4, -0.2) is 30.4 Å². The van der Waals surface area contributed by atoms with Crippen LogP contribution in [0, 0.1) is 5.41 Å². The number of amides is 2. The van der Waals surface area contributed by atoms with Crippen molar-refractivity contribution in [2.45, 2.75) is 40.2 Å². The number of hydrogen-bond acceptors (Lipinski definition) is 4. The monoisotopic (exact) mass is 396 g/mol. The van der Waals surface area contributed by atoms with Crippen LogP contribution in [0.1, 0.15) is 43.6 Å². The van der Waals surface area contributed by atoms with Gasteiger partial charge in [0.2, 0.25) is 5.91 Å². The van der Waals surface area contributed by atoms with Gasteiger partial charge in [-0.25, -0.2) is 4.79 Å². The Balaban J connectivity index is 1.87. The third-order valence-corrected chi connectivity index (χ3v) is 4.25. The molecule has 0 saturated carbocycles. The molecule has 0 saturated heterocycles. The fourth-order valence-electron chi connectivity index (χ4n) is 2.44. The van der Waals surface area contributed by atoms with E-state index >= 15 is 0 Å². The van der Waals surface area contributed by atoms with Crippen molar-refractivity contribution in [1.29, 1.82) is 0 Å². The topological polar surface area (TPSA) is 84.5 Å². The summed E-state index contributed by atoms with van der Waals surface area (Å²) in [5, 5.41) is 5.54. The summed E-state index contributed by atoms with van der Waals surface area (Å²) < 4.78 is 5.26. The number of esters is 1. The molecule has 0 radical (unpaired) electrons. The van der Waals surface area contributed by atoms with Gasteiger partial charge in [-0.1, -0.05) is 57.2 Å². The fourth-order valence-corrected chi connectivity index (χ4v) is 2.44. The van der Waals surface area contributed by atoms with E-state index in [0.29, 0.717) is 18.7 Å². The van der Waals surface area contributed by atoms with E-state index in [4.69, 9.17) is 4.74 Å². The third kappa shape index (κ3) is 7.07. The molecule has 6 nitrogen and oxygen atoms in total. The first-order chi connectivity index (χ1) is 13.7. The normalized spacial score (nSPS) is 12.0. The maximum Gasteiger partial charge on any atom is 0.338 e. The van der Waals surface area contributed by atoms with Crippen molar-refractivity contribution >= 4 is 23.5 Å². The van der Waals surface area contributed by atoms with Crippen LogP contribution in [0.5, 0.6) is 0 Å². The van der Waals surface area contributed by atoms with E-state index in [1.807, 2.05) is 30.3 Å². The molecule has 0 heterocycles. The first kappa shape index (κ1) is 22.1. The van der Waals surface area contributed by atoms with E-state index in [2.05, 4.69) is 10.6 Å². The standard InChI is InChI=1S/C23H28N2O4/c1-16(20(26)24-14-13-17-9-6-5-7-10-17)29-21(27)18-11-8-12-19(15-18)25-22(28)23(2,3)4/h5-12,15-16H,13-14H2,1-4H3,(H,24,26)(H,25,28). The Morgan fingerprint density at radius 3 is 2.34 bits per heavy atom. The van der Waals surface area contributed by atoms with Gasteiger partial charge in [0.25, 0.3) is 5.91 Å². The lowest BCUT2D eigenvalue weighted by atomic mass is 9.95. The molecule has 1 unspecified atom stereocenters. The number of nitrogens with one attached hydrogen (secondary N) is 2. The van der Waals surface area contributed by atoms with Gasteiger partial charge in [0, 0.05) is 17.6 Å². The predicted molar refractivity (Wildman–Crippen MR) is 113 cm³/mol. The molecule has 154 valence electrons. The minimum Gasteiger partial charge on any atom is -0.449 e. The zero-order valence-corrected chi connectivity index (χ0v) is 17.3. The predicted octanol–water partition coefficient (Wildman–Crippen LogP) is 3.58. The van der Waals surface area contributed by atoms with Crippen molar-refractivity contribution in [3.8, 4) is 0 Å². The lowest BCUT2D eigenvalue weighted by molar-refractivity contribution is -0.129. The fraction of sp³-hybridized carbons (Fsp3) is 0.348. The third-order valence-electron chi connectivity index (χ3n) is 4.25. The second kappa shape index (κ2) is 9.87. The van der Waals surface area contributed by atoms with Crippen LogP contribution in [0.2, 0.25) is 0 Å². The maximum atomic E-state index is 12.4. The van der Waals surface area contributed by atoms with Gasteiger partial charge in [0.1, 0.15) is 0 Å². The minimum absolute atomic E-state index is 0.158. The molecule has 2 amide bonds. The summed E-state index contributed by atoms with van der Waals surface area (Å²) in [6.45, 7) is 7.40. The summed E-state index contributed by atoms with van der Waals surface area (Å²) in [5.41, 5.74) is 1.33. The molecule has 2 rings (SSSR count). The van der Waals surface area contributed by atoms with Gasteiger partial charge in [-0.3, -0.25) is 9.59 Å². The molecule has 0 aliphatic rings. The van der Waals surface area contributed by atoms with E-state index < -0.39 is 17.5 Å². The van der Waals surface area contributed by atoms with Gasteiger partial charge >= 0.3 is 5.97 Å². The van der Waals surface area contributed by atoms with Gasteiger partial charge in [0.15, 0.2) is 6.10 Å². The first-order valence-corrected chi connectivity index (χ1v) is 9.61. The van der Waals surface area contributed by atoms with E-state index in [1.54, 1.807) is 39.0 Å². The first-order valence-electron chi connectivity index (χ1n) is 9.61. The number of benzene rings is 2. The van der Waals surface area contributed by atoms with E-state index in [9.17, 15) is 14.4 Å². The van der Waals surface area contributed by atoms with Crippen molar-refractivity contribution in [3.05, 3.63) is 65.7 Å². The quantitative estimate of drug-likeness (QED) is 0.701. The minimum atomic E-state index is -0.925. The molecule has 0 aromatic heterocycles. The molecule has 2 N–H and O–H groups in total. The van der Waals surface area contributed by atoms with E-state index in [1.165, 1.54) is 13.0 Å². The summed E-state index contributed by atoms with van der Waals surface area (Å²) in [4.78, 5) is 36.7. The number of ether oxygens (including phenoxy) is 1. The Morgan fingerprint density at radius 2 is 1.69 bits per heavy atom. The SMILES string of the molecule is CC(OC(=O)c1cccc(NC(=O)C(C)(C)C)c1)C(=O)NCCc1ccccc1. The highest BCUT2D eigenvalue weighted by Crippen LogP contribution is 2.18. The van der Waals surface area contributed by atoms with Gasteiger partial charge in [0.05, 0.1) is 5.56 Å². The summed E-state index contributed by atoms with van der Waals surface area (Å²) in [5.74, 6) is -1.14. The van der Waals surface area contributed by atoms with Crippen LogP contribution in [-0.2, 0) is 20.7 Å². The van der Waals surface area contributed by atoms with Crippen LogP contribution in [0.3, 0.4) is 0 Å². The van der Waals surface area contributed by atoms with Crippen LogP contribution < -0.4 is 10.6 Å². The number of anilines is 1. The molecule has 2 aromatic rings. The summed E-state index contributed by atoms with van der Waals surface area (Å²) in [7, 11) is 0.